The molecule has 0 amide bonds. The Kier molecular flexibility index (Phi) is 17.0. The summed E-state index contributed by atoms with van der Waals surface area (Å²) in [6.07, 6.45) is 7.33. The van der Waals surface area contributed by atoms with Gasteiger partial charge in [-0.2, -0.15) is 0 Å². The Morgan fingerprint density at radius 2 is 1.63 bits per heavy atom. The second kappa shape index (κ2) is 18.1. The number of aliphatic hydroxyl groups excluding tert-OH is 3. The van der Waals surface area contributed by atoms with E-state index in [0.29, 0.717) is 13.1 Å². The van der Waals surface area contributed by atoms with Gasteiger partial charge in [0.2, 0.25) is 5.76 Å². The van der Waals surface area contributed by atoms with Gasteiger partial charge < -0.3 is 24.8 Å². The molecule has 0 aromatic rings. The molecule has 8 heteroatoms. The van der Waals surface area contributed by atoms with Crippen LogP contribution in [-0.2, 0) is 19.1 Å². The number of nitrogens with zero attached hydrogens (tertiary/aromatic N) is 1. The standard InChI is InChI=1S/C22H39NO7/c1-4-5-6-7-8-9-16-29-22(28)19(3)30-21(27)18(2)10-11-20(26)17-23(12-14-24)13-15-25/h10,20,24-26H,3-9,11-17H2,1-2H3. The predicted molar refractivity (Wildman–Crippen MR) is 115 cm³/mol. The summed E-state index contributed by atoms with van der Waals surface area (Å²) >= 11 is 0. The molecular weight excluding hydrogens is 390 g/mol. The summed E-state index contributed by atoms with van der Waals surface area (Å²) < 4.78 is 10.00. The lowest BCUT2D eigenvalue weighted by atomic mass is 10.1. The Morgan fingerprint density at radius 1 is 1.03 bits per heavy atom. The number of rotatable bonds is 18. The minimum Gasteiger partial charge on any atom is -0.460 e. The lowest BCUT2D eigenvalue weighted by molar-refractivity contribution is -0.149. The van der Waals surface area contributed by atoms with E-state index in [1.807, 2.05) is 0 Å². The Labute approximate surface area is 180 Å². The number of carbonyl (C=O) groups excluding carboxylic acids is 2. The molecule has 0 fully saturated rings. The zero-order chi connectivity index (χ0) is 22.8. The van der Waals surface area contributed by atoms with Crippen LogP contribution in [0.2, 0.25) is 0 Å². The van der Waals surface area contributed by atoms with Gasteiger partial charge in [-0.1, -0.05) is 45.1 Å². The first kappa shape index (κ1) is 28.3. The molecule has 3 N–H and O–H groups in total. The molecule has 0 rings (SSSR count). The lowest BCUT2D eigenvalue weighted by Crippen LogP contribution is -2.36. The van der Waals surface area contributed by atoms with Crippen LogP contribution in [0.15, 0.2) is 24.0 Å². The quantitative estimate of drug-likeness (QED) is 0.131. The van der Waals surface area contributed by atoms with Crippen molar-refractivity contribution in [3.05, 3.63) is 24.0 Å². The molecule has 0 heterocycles. The normalized spacial score (nSPS) is 12.7. The van der Waals surface area contributed by atoms with Crippen molar-refractivity contribution >= 4 is 11.9 Å². The van der Waals surface area contributed by atoms with Crippen molar-refractivity contribution in [2.75, 3.05) is 39.5 Å². The molecule has 0 aliphatic carbocycles. The molecule has 0 aromatic heterocycles. The van der Waals surface area contributed by atoms with Crippen molar-refractivity contribution in [2.24, 2.45) is 0 Å². The summed E-state index contributed by atoms with van der Waals surface area (Å²) in [6.45, 7) is 8.14. The van der Waals surface area contributed by atoms with Crippen LogP contribution in [0.3, 0.4) is 0 Å². The van der Waals surface area contributed by atoms with E-state index in [9.17, 15) is 14.7 Å². The number of carbonyl (C=O) groups is 2. The molecule has 0 saturated carbocycles. The first-order chi connectivity index (χ1) is 14.3. The Balaban J connectivity index is 4.24. The highest BCUT2D eigenvalue weighted by Gasteiger charge is 2.16. The number of ether oxygens (including phenoxy) is 2. The van der Waals surface area contributed by atoms with Gasteiger partial charge in [0, 0.05) is 25.2 Å². The summed E-state index contributed by atoms with van der Waals surface area (Å²) in [7, 11) is 0. The molecule has 0 bridgehead atoms. The zero-order valence-electron chi connectivity index (χ0n) is 18.5. The molecule has 1 atom stereocenters. The van der Waals surface area contributed by atoms with Gasteiger partial charge in [-0.3, -0.25) is 4.90 Å². The van der Waals surface area contributed by atoms with Crippen molar-refractivity contribution in [3.63, 3.8) is 0 Å². The van der Waals surface area contributed by atoms with Crippen LogP contribution in [0.1, 0.15) is 58.8 Å². The maximum Gasteiger partial charge on any atom is 0.373 e. The SMILES string of the molecule is C=C(OC(=O)C(C)=CCC(O)CN(CCO)CCO)C(=O)OCCCCCCCC. The maximum absolute atomic E-state index is 12.1. The van der Waals surface area contributed by atoms with Gasteiger partial charge in [-0.25, -0.2) is 9.59 Å². The average molecular weight is 430 g/mol. The fourth-order valence-electron chi connectivity index (χ4n) is 2.71. The highest BCUT2D eigenvalue weighted by molar-refractivity contribution is 5.94. The molecule has 0 spiro atoms. The fraction of sp³-hybridized carbons (Fsp3) is 0.727. The van der Waals surface area contributed by atoms with Gasteiger partial charge in [0.1, 0.15) is 0 Å². The summed E-state index contributed by atoms with van der Waals surface area (Å²) in [6, 6.07) is 0. The first-order valence-corrected chi connectivity index (χ1v) is 10.7. The molecule has 0 radical (unpaired) electrons. The highest BCUT2D eigenvalue weighted by Crippen LogP contribution is 2.09. The van der Waals surface area contributed by atoms with Gasteiger partial charge >= 0.3 is 11.9 Å². The smallest absolute Gasteiger partial charge is 0.373 e. The highest BCUT2D eigenvalue weighted by atomic mass is 16.6. The molecule has 0 saturated heterocycles. The van der Waals surface area contributed by atoms with Gasteiger partial charge in [-0.05, 0) is 26.3 Å². The van der Waals surface area contributed by atoms with E-state index in [1.54, 1.807) is 4.90 Å². The Hall–Kier alpha value is -1.74. The van der Waals surface area contributed by atoms with E-state index in [-0.39, 0.29) is 44.1 Å². The molecule has 8 nitrogen and oxygen atoms in total. The number of hydrogen-bond acceptors (Lipinski definition) is 8. The number of hydrogen-bond donors (Lipinski definition) is 3. The molecule has 30 heavy (non-hydrogen) atoms. The van der Waals surface area contributed by atoms with Crippen molar-refractivity contribution in [3.8, 4) is 0 Å². The maximum atomic E-state index is 12.1. The van der Waals surface area contributed by atoms with E-state index in [4.69, 9.17) is 19.7 Å². The van der Waals surface area contributed by atoms with E-state index in [2.05, 4.69) is 13.5 Å². The topological polar surface area (TPSA) is 117 Å². The van der Waals surface area contributed by atoms with E-state index < -0.39 is 18.0 Å². The third-order valence-corrected chi connectivity index (χ3v) is 4.49. The Morgan fingerprint density at radius 3 is 2.23 bits per heavy atom. The average Bonchev–Trinajstić information content (AvgIpc) is 2.71. The summed E-state index contributed by atoms with van der Waals surface area (Å²) in [5.74, 6) is -1.85. The molecule has 0 aliphatic heterocycles. The Bertz CT molecular complexity index is 528. The second-order valence-electron chi connectivity index (χ2n) is 7.24. The minimum absolute atomic E-state index is 0.0784. The van der Waals surface area contributed by atoms with Crippen LogP contribution in [-0.4, -0.2) is 77.7 Å². The molecule has 0 aromatic carbocycles. The van der Waals surface area contributed by atoms with E-state index in [0.717, 1.165) is 19.3 Å². The van der Waals surface area contributed by atoms with Crippen LogP contribution in [0.4, 0.5) is 0 Å². The summed E-state index contributed by atoms with van der Waals surface area (Å²) in [5, 5.41) is 28.0. The molecule has 1 unspecified atom stereocenters. The minimum atomic E-state index is -0.781. The van der Waals surface area contributed by atoms with Gasteiger partial charge in [0.15, 0.2) is 0 Å². The van der Waals surface area contributed by atoms with Crippen LogP contribution >= 0.6 is 0 Å². The van der Waals surface area contributed by atoms with Crippen LogP contribution in [0, 0.1) is 0 Å². The van der Waals surface area contributed by atoms with E-state index >= 15 is 0 Å². The predicted octanol–water partition coefficient (Wildman–Crippen LogP) is 1.93. The fourth-order valence-corrected chi connectivity index (χ4v) is 2.71. The molecule has 174 valence electrons. The largest absolute Gasteiger partial charge is 0.460 e. The van der Waals surface area contributed by atoms with Crippen LogP contribution in [0.25, 0.3) is 0 Å². The number of aliphatic hydroxyl groups is 3. The number of unbranched alkanes of at least 4 members (excludes halogenated alkanes) is 5. The number of esters is 2. The van der Waals surface area contributed by atoms with Crippen molar-refractivity contribution in [1.82, 2.24) is 4.90 Å². The van der Waals surface area contributed by atoms with Crippen LogP contribution < -0.4 is 0 Å². The van der Waals surface area contributed by atoms with E-state index in [1.165, 1.54) is 32.3 Å². The molecular formula is C22H39NO7. The summed E-state index contributed by atoms with van der Waals surface area (Å²) in [4.78, 5) is 25.6. The first-order valence-electron chi connectivity index (χ1n) is 10.7. The zero-order valence-corrected chi connectivity index (χ0v) is 18.5. The van der Waals surface area contributed by atoms with Crippen LogP contribution in [0.5, 0.6) is 0 Å². The lowest BCUT2D eigenvalue weighted by Gasteiger charge is -2.22. The van der Waals surface area contributed by atoms with Crippen molar-refractivity contribution in [2.45, 2.75) is 64.9 Å². The second-order valence-corrected chi connectivity index (χ2v) is 7.24. The van der Waals surface area contributed by atoms with Crippen molar-refractivity contribution in [1.29, 1.82) is 0 Å². The molecule has 0 aliphatic rings. The monoisotopic (exact) mass is 429 g/mol. The van der Waals surface area contributed by atoms with Crippen molar-refractivity contribution < 1.29 is 34.4 Å². The van der Waals surface area contributed by atoms with Gasteiger partial charge in [0.05, 0.1) is 25.9 Å². The third kappa shape index (κ3) is 14.3. The van der Waals surface area contributed by atoms with Gasteiger partial charge in [-0.15, -0.1) is 0 Å². The van der Waals surface area contributed by atoms with Gasteiger partial charge in [0.25, 0.3) is 0 Å². The summed E-state index contributed by atoms with van der Waals surface area (Å²) in [5.41, 5.74) is 0.231. The third-order valence-electron chi connectivity index (χ3n) is 4.49.